The predicted molar refractivity (Wildman–Crippen MR) is 59.8 cm³/mol. The first-order valence-corrected chi connectivity index (χ1v) is 6.30. The molecule has 1 aromatic rings. The van der Waals surface area contributed by atoms with Gasteiger partial charge in [-0.25, -0.2) is 0 Å². The van der Waals surface area contributed by atoms with Crippen molar-refractivity contribution < 1.29 is 4.52 Å². The predicted octanol–water partition coefficient (Wildman–Crippen LogP) is 2.31. The Morgan fingerprint density at radius 3 is 2.75 bits per heavy atom. The van der Waals surface area contributed by atoms with Crippen LogP contribution in [0, 0.1) is 5.92 Å². The van der Waals surface area contributed by atoms with Crippen molar-refractivity contribution in [2.75, 3.05) is 0 Å². The van der Waals surface area contributed by atoms with Gasteiger partial charge in [0, 0.05) is 5.92 Å². The smallest absolute Gasteiger partial charge is 0.246 e. The molecule has 1 heterocycles. The highest BCUT2D eigenvalue weighted by atomic mass is 16.5. The molecule has 2 fully saturated rings. The minimum Gasteiger partial charge on any atom is -0.337 e. The largest absolute Gasteiger partial charge is 0.337 e. The molecule has 4 nitrogen and oxygen atoms in total. The zero-order valence-electron chi connectivity index (χ0n) is 9.78. The lowest BCUT2D eigenvalue weighted by Gasteiger charge is -2.33. The second-order valence-corrected chi connectivity index (χ2v) is 5.58. The first-order chi connectivity index (χ1) is 7.67. The van der Waals surface area contributed by atoms with E-state index in [1.807, 2.05) is 0 Å². The van der Waals surface area contributed by atoms with Gasteiger partial charge in [0.15, 0.2) is 5.82 Å². The maximum atomic E-state index is 6.17. The molecule has 88 valence electrons. The second kappa shape index (κ2) is 3.55. The van der Waals surface area contributed by atoms with Crippen LogP contribution in [0.25, 0.3) is 0 Å². The van der Waals surface area contributed by atoms with Crippen molar-refractivity contribution >= 4 is 0 Å². The van der Waals surface area contributed by atoms with Crippen LogP contribution in [0.4, 0.5) is 0 Å². The molecule has 0 bridgehead atoms. The fourth-order valence-corrected chi connectivity index (χ4v) is 2.82. The minimum atomic E-state index is -0.310. The number of nitrogens with two attached hydrogens (primary N) is 1. The molecule has 16 heavy (non-hydrogen) atoms. The maximum absolute atomic E-state index is 6.17. The average Bonchev–Trinajstić information content (AvgIpc) is 2.82. The number of rotatable bonds is 2. The van der Waals surface area contributed by atoms with Gasteiger partial charge >= 0.3 is 0 Å². The lowest BCUT2D eigenvalue weighted by molar-refractivity contribution is 0.181. The summed E-state index contributed by atoms with van der Waals surface area (Å²) < 4.78 is 5.33. The summed E-state index contributed by atoms with van der Waals surface area (Å²) in [5.41, 5.74) is 5.86. The lowest BCUT2D eigenvalue weighted by Crippen LogP contribution is -2.43. The van der Waals surface area contributed by atoms with Crippen molar-refractivity contribution in [1.29, 1.82) is 0 Å². The molecule has 0 aliphatic heterocycles. The molecular formula is C12H19N3O. The zero-order valence-corrected chi connectivity index (χ0v) is 9.78. The number of nitrogens with zero attached hydrogens (tertiary/aromatic N) is 2. The Hall–Kier alpha value is -0.900. The topological polar surface area (TPSA) is 64.9 Å². The van der Waals surface area contributed by atoms with Crippen molar-refractivity contribution in [1.82, 2.24) is 10.1 Å². The van der Waals surface area contributed by atoms with Gasteiger partial charge in [-0.05, 0) is 44.4 Å². The maximum Gasteiger partial charge on any atom is 0.246 e. The van der Waals surface area contributed by atoms with Gasteiger partial charge in [-0.15, -0.1) is 0 Å². The summed E-state index contributed by atoms with van der Waals surface area (Å²) in [6, 6.07) is 0. The Balaban J connectivity index is 1.77. The highest BCUT2D eigenvalue weighted by molar-refractivity contribution is 5.09. The van der Waals surface area contributed by atoms with Crippen LogP contribution < -0.4 is 5.73 Å². The number of hydrogen-bond donors (Lipinski definition) is 1. The first kappa shape index (κ1) is 10.3. The Morgan fingerprint density at radius 1 is 1.38 bits per heavy atom. The summed E-state index contributed by atoms with van der Waals surface area (Å²) in [5.74, 6) is 2.84. The third-order valence-corrected chi connectivity index (χ3v) is 4.17. The Morgan fingerprint density at radius 2 is 2.19 bits per heavy atom. The van der Waals surface area contributed by atoms with E-state index in [4.69, 9.17) is 10.3 Å². The third kappa shape index (κ3) is 1.56. The van der Waals surface area contributed by atoms with E-state index in [0.717, 1.165) is 24.6 Å². The SMILES string of the molecule is CC1CCC(c2noc(C3(N)CCC3)n2)C1. The summed E-state index contributed by atoms with van der Waals surface area (Å²) >= 11 is 0. The van der Waals surface area contributed by atoms with E-state index in [1.165, 1.54) is 25.7 Å². The third-order valence-electron chi connectivity index (χ3n) is 4.17. The van der Waals surface area contributed by atoms with Gasteiger partial charge in [0.1, 0.15) is 0 Å². The van der Waals surface area contributed by atoms with Crippen LogP contribution in [-0.4, -0.2) is 10.1 Å². The summed E-state index contributed by atoms with van der Waals surface area (Å²) in [5, 5.41) is 4.11. The molecule has 2 atom stereocenters. The van der Waals surface area contributed by atoms with Crippen molar-refractivity contribution in [2.45, 2.75) is 56.9 Å². The van der Waals surface area contributed by atoms with Gasteiger partial charge in [0.25, 0.3) is 0 Å². The van der Waals surface area contributed by atoms with E-state index in [2.05, 4.69) is 17.1 Å². The van der Waals surface area contributed by atoms with Gasteiger partial charge in [-0.1, -0.05) is 12.1 Å². The molecule has 3 rings (SSSR count). The van der Waals surface area contributed by atoms with E-state index < -0.39 is 0 Å². The van der Waals surface area contributed by atoms with Gasteiger partial charge in [-0.2, -0.15) is 4.98 Å². The van der Waals surface area contributed by atoms with Gasteiger partial charge in [0.05, 0.1) is 5.54 Å². The van der Waals surface area contributed by atoms with Crippen molar-refractivity contribution in [3.8, 4) is 0 Å². The Kier molecular flexibility index (Phi) is 2.28. The standard InChI is InChI=1S/C12H19N3O/c1-8-3-4-9(7-8)10-14-11(16-15-10)12(13)5-2-6-12/h8-9H,2-7,13H2,1H3. The fraction of sp³-hybridized carbons (Fsp3) is 0.833. The number of aromatic nitrogens is 2. The van der Waals surface area contributed by atoms with Crippen molar-refractivity contribution in [3.63, 3.8) is 0 Å². The zero-order chi connectivity index (χ0) is 11.2. The highest BCUT2D eigenvalue weighted by Gasteiger charge is 2.40. The molecule has 1 aromatic heterocycles. The van der Waals surface area contributed by atoms with Gasteiger partial charge in [0.2, 0.25) is 5.89 Å². The van der Waals surface area contributed by atoms with Crippen LogP contribution in [0.1, 0.15) is 63.1 Å². The summed E-state index contributed by atoms with van der Waals surface area (Å²) in [6.07, 6.45) is 6.80. The van der Waals surface area contributed by atoms with E-state index in [1.54, 1.807) is 0 Å². The lowest BCUT2D eigenvalue weighted by atomic mass is 9.78. The molecule has 2 N–H and O–H groups in total. The number of hydrogen-bond acceptors (Lipinski definition) is 4. The van der Waals surface area contributed by atoms with Crippen LogP contribution >= 0.6 is 0 Å². The summed E-state index contributed by atoms with van der Waals surface area (Å²) in [4.78, 5) is 4.52. The monoisotopic (exact) mass is 221 g/mol. The average molecular weight is 221 g/mol. The molecule has 2 aliphatic carbocycles. The molecule has 0 radical (unpaired) electrons. The molecule has 0 spiro atoms. The quantitative estimate of drug-likeness (QED) is 0.832. The molecule has 2 saturated carbocycles. The molecule has 2 aliphatic rings. The Bertz CT molecular complexity index is 383. The molecule has 0 amide bonds. The molecular weight excluding hydrogens is 202 g/mol. The molecule has 0 aromatic carbocycles. The van der Waals surface area contributed by atoms with E-state index in [0.29, 0.717) is 11.8 Å². The van der Waals surface area contributed by atoms with Gasteiger partial charge < -0.3 is 10.3 Å². The molecule has 0 saturated heterocycles. The van der Waals surface area contributed by atoms with Crippen LogP contribution in [0.5, 0.6) is 0 Å². The van der Waals surface area contributed by atoms with Crippen LogP contribution in [0.15, 0.2) is 4.52 Å². The molecule has 4 heteroatoms. The van der Waals surface area contributed by atoms with Crippen molar-refractivity contribution in [3.05, 3.63) is 11.7 Å². The van der Waals surface area contributed by atoms with E-state index in [9.17, 15) is 0 Å². The highest BCUT2D eigenvalue weighted by Crippen LogP contribution is 2.40. The summed E-state index contributed by atoms with van der Waals surface area (Å²) in [6.45, 7) is 2.29. The van der Waals surface area contributed by atoms with Crippen LogP contribution in [-0.2, 0) is 5.54 Å². The van der Waals surface area contributed by atoms with Crippen LogP contribution in [0.3, 0.4) is 0 Å². The van der Waals surface area contributed by atoms with Gasteiger partial charge in [-0.3, -0.25) is 0 Å². The molecule has 2 unspecified atom stereocenters. The minimum absolute atomic E-state index is 0.310. The fourth-order valence-electron chi connectivity index (χ4n) is 2.82. The van der Waals surface area contributed by atoms with E-state index in [-0.39, 0.29) is 5.54 Å². The summed E-state index contributed by atoms with van der Waals surface area (Å²) in [7, 11) is 0. The van der Waals surface area contributed by atoms with E-state index >= 15 is 0 Å². The second-order valence-electron chi connectivity index (χ2n) is 5.58. The normalized spacial score (nSPS) is 32.6. The first-order valence-electron chi connectivity index (χ1n) is 6.30. The van der Waals surface area contributed by atoms with Crippen LogP contribution in [0.2, 0.25) is 0 Å². The van der Waals surface area contributed by atoms with Crippen molar-refractivity contribution in [2.24, 2.45) is 11.7 Å². The Labute approximate surface area is 95.6 Å².